The van der Waals surface area contributed by atoms with Gasteiger partial charge in [-0.2, -0.15) is 0 Å². The highest BCUT2D eigenvalue weighted by Gasteiger charge is 2.29. The van der Waals surface area contributed by atoms with E-state index >= 15 is 0 Å². The van der Waals surface area contributed by atoms with Crippen molar-refractivity contribution in [2.24, 2.45) is 5.84 Å². The molecular weight excluding hydrogens is 264 g/mol. The summed E-state index contributed by atoms with van der Waals surface area (Å²) in [6, 6.07) is 11.1. The molecule has 19 heavy (non-hydrogen) atoms. The molecule has 2 aromatic carbocycles. The summed E-state index contributed by atoms with van der Waals surface area (Å²) in [5, 5.41) is 2.38. The molecule has 4 nitrogen and oxygen atoms in total. The third-order valence-electron chi connectivity index (χ3n) is 2.87. The van der Waals surface area contributed by atoms with Crippen LogP contribution < -0.4 is 16.0 Å². The number of nitrogens with one attached hydrogen (secondary N) is 1. The molecule has 0 heterocycles. The van der Waals surface area contributed by atoms with Gasteiger partial charge in [-0.05, 0) is 26.0 Å². The van der Waals surface area contributed by atoms with Crippen molar-refractivity contribution < 1.29 is 9.53 Å². The zero-order valence-corrected chi connectivity index (χ0v) is 11.5. The average Bonchev–Trinajstić information content (AvgIpc) is 2.41. The lowest BCUT2D eigenvalue weighted by atomic mass is 10.1. The number of nitrogens with two attached hydrogens (primary N) is 1. The number of hydrogen-bond acceptors (Lipinski definition) is 3. The fourth-order valence-corrected chi connectivity index (χ4v) is 2.05. The maximum absolute atomic E-state index is 11.7. The van der Waals surface area contributed by atoms with E-state index in [1.165, 1.54) is 0 Å². The number of rotatable bonds is 3. The van der Waals surface area contributed by atoms with Crippen molar-refractivity contribution >= 4 is 28.3 Å². The SMILES string of the molecule is CC(C)(Oc1ccc(Cl)c2ccccc12)C(=O)NN. The highest BCUT2D eigenvalue weighted by atomic mass is 35.5. The van der Waals surface area contributed by atoms with Crippen LogP contribution in [0, 0.1) is 0 Å². The van der Waals surface area contributed by atoms with E-state index in [1.54, 1.807) is 26.0 Å². The second-order valence-corrected chi connectivity index (χ2v) is 5.08. The number of hydrazine groups is 1. The van der Waals surface area contributed by atoms with Gasteiger partial charge in [0, 0.05) is 15.8 Å². The molecule has 100 valence electrons. The predicted molar refractivity (Wildman–Crippen MR) is 76.0 cm³/mol. The molecule has 0 saturated heterocycles. The topological polar surface area (TPSA) is 64.3 Å². The molecule has 1 amide bonds. The van der Waals surface area contributed by atoms with Gasteiger partial charge in [0.2, 0.25) is 0 Å². The van der Waals surface area contributed by atoms with Gasteiger partial charge in [0.25, 0.3) is 5.91 Å². The van der Waals surface area contributed by atoms with Gasteiger partial charge in [-0.25, -0.2) is 5.84 Å². The number of carbonyl (C=O) groups is 1. The van der Waals surface area contributed by atoms with Gasteiger partial charge in [-0.15, -0.1) is 0 Å². The van der Waals surface area contributed by atoms with Crippen LogP contribution in [0.3, 0.4) is 0 Å². The van der Waals surface area contributed by atoms with E-state index < -0.39 is 11.5 Å². The van der Waals surface area contributed by atoms with Gasteiger partial charge in [0.1, 0.15) is 5.75 Å². The number of hydrogen-bond donors (Lipinski definition) is 2. The Balaban J connectivity index is 2.47. The van der Waals surface area contributed by atoms with Crippen LogP contribution in [0.5, 0.6) is 5.75 Å². The molecule has 0 unspecified atom stereocenters. The Morgan fingerprint density at radius 2 is 1.84 bits per heavy atom. The molecule has 5 heteroatoms. The van der Waals surface area contributed by atoms with Gasteiger partial charge in [-0.3, -0.25) is 10.2 Å². The number of benzene rings is 2. The van der Waals surface area contributed by atoms with Crippen LogP contribution in [0.1, 0.15) is 13.8 Å². The minimum Gasteiger partial charge on any atom is -0.477 e. The molecule has 0 aliphatic carbocycles. The van der Waals surface area contributed by atoms with Crippen LogP contribution in [0.15, 0.2) is 36.4 Å². The summed E-state index contributed by atoms with van der Waals surface area (Å²) in [6.45, 7) is 3.30. The zero-order chi connectivity index (χ0) is 14.0. The van der Waals surface area contributed by atoms with Crippen LogP contribution in [0.4, 0.5) is 0 Å². The van der Waals surface area contributed by atoms with E-state index in [4.69, 9.17) is 22.2 Å². The van der Waals surface area contributed by atoms with Crippen LogP contribution in [-0.4, -0.2) is 11.5 Å². The van der Waals surface area contributed by atoms with E-state index in [0.717, 1.165) is 10.8 Å². The second kappa shape index (κ2) is 5.07. The Morgan fingerprint density at radius 1 is 1.21 bits per heavy atom. The molecule has 0 radical (unpaired) electrons. The molecule has 0 saturated carbocycles. The van der Waals surface area contributed by atoms with Crippen molar-refractivity contribution in [2.45, 2.75) is 19.4 Å². The molecule has 2 rings (SSSR count). The third kappa shape index (κ3) is 2.64. The summed E-state index contributed by atoms with van der Waals surface area (Å²) in [5.74, 6) is 5.34. The monoisotopic (exact) mass is 278 g/mol. The van der Waals surface area contributed by atoms with Crippen LogP contribution in [0.2, 0.25) is 5.02 Å². The summed E-state index contributed by atoms with van der Waals surface area (Å²) in [6.07, 6.45) is 0. The smallest absolute Gasteiger partial charge is 0.277 e. The number of fused-ring (bicyclic) bond motifs is 1. The lowest BCUT2D eigenvalue weighted by Crippen LogP contribution is -2.49. The maximum Gasteiger partial charge on any atom is 0.277 e. The Morgan fingerprint density at radius 3 is 2.47 bits per heavy atom. The zero-order valence-electron chi connectivity index (χ0n) is 10.7. The van der Waals surface area contributed by atoms with Crippen LogP contribution in [0.25, 0.3) is 10.8 Å². The summed E-state index contributed by atoms with van der Waals surface area (Å²) in [7, 11) is 0. The normalized spacial score (nSPS) is 11.4. The third-order valence-corrected chi connectivity index (χ3v) is 3.20. The second-order valence-electron chi connectivity index (χ2n) is 4.68. The first-order valence-corrected chi connectivity index (χ1v) is 6.21. The Labute approximate surface area is 116 Å². The number of halogens is 1. The van der Waals surface area contributed by atoms with Gasteiger partial charge in [0.05, 0.1) is 0 Å². The van der Waals surface area contributed by atoms with Crippen molar-refractivity contribution in [3.8, 4) is 5.75 Å². The molecule has 3 N–H and O–H groups in total. The van der Waals surface area contributed by atoms with Gasteiger partial charge < -0.3 is 4.74 Å². The summed E-state index contributed by atoms with van der Waals surface area (Å²) in [4.78, 5) is 11.7. The van der Waals surface area contributed by atoms with E-state index in [0.29, 0.717) is 10.8 Å². The van der Waals surface area contributed by atoms with E-state index in [2.05, 4.69) is 5.43 Å². The Hall–Kier alpha value is -1.78. The largest absolute Gasteiger partial charge is 0.477 e. The molecule has 0 bridgehead atoms. The molecule has 0 fully saturated rings. The molecule has 0 aromatic heterocycles. The molecule has 0 aliphatic rings. The van der Waals surface area contributed by atoms with E-state index in [-0.39, 0.29) is 0 Å². The first kappa shape index (κ1) is 13.6. The first-order valence-electron chi connectivity index (χ1n) is 5.83. The lowest BCUT2D eigenvalue weighted by Gasteiger charge is -2.25. The van der Waals surface area contributed by atoms with Crippen molar-refractivity contribution in [1.82, 2.24) is 5.43 Å². The van der Waals surface area contributed by atoms with E-state index in [9.17, 15) is 4.79 Å². The number of carbonyl (C=O) groups excluding carboxylic acids is 1. The molecule has 0 aliphatic heterocycles. The lowest BCUT2D eigenvalue weighted by molar-refractivity contribution is -0.134. The minimum absolute atomic E-state index is 0.397. The summed E-state index contributed by atoms with van der Waals surface area (Å²) in [5.41, 5.74) is 1.03. The van der Waals surface area contributed by atoms with Crippen LogP contribution in [-0.2, 0) is 4.79 Å². The highest BCUT2D eigenvalue weighted by Crippen LogP contribution is 2.33. The quantitative estimate of drug-likeness (QED) is 0.515. The van der Waals surface area contributed by atoms with Gasteiger partial charge in [-0.1, -0.05) is 35.9 Å². The first-order chi connectivity index (χ1) is 8.95. The van der Waals surface area contributed by atoms with E-state index in [1.807, 2.05) is 24.3 Å². The van der Waals surface area contributed by atoms with Gasteiger partial charge in [0.15, 0.2) is 5.60 Å². The molecular formula is C14H15ClN2O2. The maximum atomic E-state index is 11.7. The fraction of sp³-hybridized carbons (Fsp3) is 0.214. The predicted octanol–water partition coefficient (Wildman–Crippen LogP) is 2.64. The minimum atomic E-state index is -1.06. The molecule has 2 aromatic rings. The van der Waals surface area contributed by atoms with Gasteiger partial charge >= 0.3 is 0 Å². The van der Waals surface area contributed by atoms with Crippen LogP contribution >= 0.6 is 11.6 Å². The average molecular weight is 279 g/mol. The summed E-state index contributed by atoms with van der Waals surface area (Å²) < 4.78 is 5.77. The van der Waals surface area contributed by atoms with Crippen molar-refractivity contribution in [2.75, 3.05) is 0 Å². The Bertz CT molecular complexity index is 626. The van der Waals surface area contributed by atoms with Crippen molar-refractivity contribution in [3.63, 3.8) is 0 Å². The summed E-state index contributed by atoms with van der Waals surface area (Å²) >= 11 is 6.14. The fourth-order valence-electron chi connectivity index (χ4n) is 1.82. The molecule has 0 spiro atoms. The molecule has 0 atom stereocenters. The number of amides is 1. The van der Waals surface area contributed by atoms with Crippen molar-refractivity contribution in [3.05, 3.63) is 41.4 Å². The number of ether oxygens (including phenoxy) is 1. The Kier molecular flexibility index (Phi) is 3.64. The standard InChI is InChI=1S/C14H15ClN2O2/c1-14(2,13(18)17-16)19-12-8-7-11(15)9-5-3-4-6-10(9)12/h3-8H,16H2,1-2H3,(H,17,18). The van der Waals surface area contributed by atoms with Crippen molar-refractivity contribution in [1.29, 1.82) is 0 Å². The highest BCUT2D eigenvalue weighted by molar-refractivity contribution is 6.35.